The number of aliphatic hydroxyl groups excluding tert-OH is 1. The molecule has 0 aliphatic carbocycles. The Hall–Kier alpha value is -3.14. The molecule has 1 rings (SSSR count). The van der Waals surface area contributed by atoms with E-state index in [1.807, 2.05) is 19.1 Å². The predicted molar refractivity (Wildman–Crippen MR) is 117 cm³/mol. The van der Waals surface area contributed by atoms with Crippen molar-refractivity contribution in [1.82, 2.24) is 15.5 Å². The normalized spacial score (nSPS) is 12.8. The molecule has 10 heteroatoms. The van der Waals surface area contributed by atoms with Crippen molar-refractivity contribution in [3.63, 3.8) is 0 Å². The van der Waals surface area contributed by atoms with Gasteiger partial charge in [-0.1, -0.05) is 31.2 Å². The molecule has 0 fully saturated rings. The van der Waals surface area contributed by atoms with E-state index in [0.717, 1.165) is 16.9 Å². The Bertz CT molecular complexity index is 803. The molecule has 0 spiro atoms. The maximum Gasteiger partial charge on any atom is 0.408 e. The number of methoxy groups -OCH3 is 1. The van der Waals surface area contributed by atoms with Crippen molar-refractivity contribution in [1.29, 1.82) is 0 Å². The number of likely N-dealkylation sites (N-methyl/N-ethyl adjacent to an activating group) is 1. The summed E-state index contributed by atoms with van der Waals surface area (Å²) in [5.74, 6) is -1.98. The molecule has 32 heavy (non-hydrogen) atoms. The van der Waals surface area contributed by atoms with Crippen LogP contribution in [0.3, 0.4) is 0 Å². The number of carbonyl (C=O) groups excluding carboxylic acids is 4. The monoisotopic (exact) mass is 451 g/mol. The van der Waals surface area contributed by atoms with Gasteiger partial charge >= 0.3 is 12.1 Å². The lowest BCUT2D eigenvalue weighted by Crippen LogP contribution is -2.53. The van der Waals surface area contributed by atoms with Crippen LogP contribution in [0, 0.1) is 0 Å². The minimum atomic E-state index is -1.33. The minimum absolute atomic E-state index is 0.375. The lowest BCUT2D eigenvalue weighted by molar-refractivity contribution is -0.144. The van der Waals surface area contributed by atoms with Gasteiger partial charge in [0.25, 0.3) is 0 Å². The molecule has 2 unspecified atom stereocenters. The SMILES string of the molecule is CCc1ccc(C(C(=O)NCC(=O)OC)N(C)C(=O)C(CO)NC(=O)OC(C)(C)C)cc1. The number of esters is 1. The number of hydrogen-bond donors (Lipinski definition) is 3. The smallest absolute Gasteiger partial charge is 0.408 e. The Morgan fingerprint density at radius 3 is 2.19 bits per heavy atom. The third-order valence-electron chi connectivity index (χ3n) is 4.49. The summed E-state index contributed by atoms with van der Waals surface area (Å²) in [6.45, 7) is 5.90. The van der Waals surface area contributed by atoms with Crippen LogP contribution in [0.2, 0.25) is 0 Å². The van der Waals surface area contributed by atoms with Gasteiger partial charge in [-0.15, -0.1) is 0 Å². The van der Waals surface area contributed by atoms with Gasteiger partial charge < -0.3 is 30.1 Å². The van der Waals surface area contributed by atoms with Crippen LogP contribution < -0.4 is 10.6 Å². The summed E-state index contributed by atoms with van der Waals surface area (Å²) in [5.41, 5.74) is 0.738. The van der Waals surface area contributed by atoms with E-state index in [-0.39, 0.29) is 6.54 Å². The summed E-state index contributed by atoms with van der Waals surface area (Å²) in [6.07, 6.45) is -0.0852. The second kappa shape index (κ2) is 12.0. The number of alkyl carbamates (subject to hydrolysis) is 1. The van der Waals surface area contributed by atoms with Gasteiger partial charge in [0.2, 0.25) is 11.8 Å². The highest BCUT2D eigenvalue weighted by Gasteiger charge is 2.34. The van der Waals surface area contributed by atoms with Crippen LogP contribution in [0.15, 0.2) is 24.3 Å². The molecule has 3 N–H and O–H groups in total. The quantitative estimate of drug-likeness (QED) is 0.475. The van der Waals surface area contributed by atoms with Crippen molar-refractivity contribution < 1.29 is 33.8 Å². The highest BCUT2D eigenvalue weighted by Crippen LogP contribution is 2.22. The lowest BCUT2D eigenvalue weighted by Gasteiger charge is -2.31. The van der Waals surface area contributed by atoms with Gasteiger partial charge in [-0.25, -0.2) is 4.79 Å². The second-order valence-electron chi connectivity index (χ2n) is 8.12. The summed E-state index contributed by atoms with van der Waals surface area (Å²) < 4.78 is 9.67. The number of ether oxygens (including phenoxy) is 2. The van der Waals surface area contributed by atoms with Crippen LogP contribution in [-0.2, 0) is 30.3 Å². The lowest BCUT2D eigenvalue weighted by atomic mass is 10.0. The zero-order chi connectivity index (χ0) is 24.5. The average Bonchev–Trinajstić information content (AvgIpc) is 2.74. The summed E-state index contributed by atoms with van der Waals surface area (Å²) in [6, 6.07) is 4.63. The maximum absolute atomic E-state index is 13.0. The average molecular weight is 452 g/mol. The van der Waals surface area contributed by atoms with E-state index in [0.29, 0.717) is 5.56 Å². The number of amides is 3. The topological polar surface area (TPSA) is 134 Å². The number of benzene rings is 1. The highest BCUT2D eigenvalue weighted by molar-refractivity contribution is 5.93. The Morgan fingerprint density at radius 1 is 1.12 bits per heavy atom. The molecule has 0 heterocycles. The standard InChI is InChI=1S/C22H33N3O7/c1-7-14-8-10-15(11-9-14)18(19(28)23-12-17(27)31-6)25(5)20(29)16(13-26)24-21(30)32-22(2,3)4/h8-11,16,18,26H,7,12-13H2,1-6H3,(H,23,28)(H,24,30). The first-order chi connectivity index (χ1) is 14.9. The van der Waals surface area contributed by atoms with Crippen LogP contribution in [0.1, 0.15) is 44.9 Å². The number of nitrogens with zero attached hydrogens (tertiary/aromatic N) is 1. The number of aryl methyl sites for hydroxylation is 1. The first-order valence-electron chi connectivity index (χ1n) is 10.2. The molecule has 10 nitrogen and oxygen atoms in total. The molecule has 3 amide bonds. The Kier molecular flexibility index (Phi) is 10.1. The molecule has 2 atom stereocenters. The maximum atomic E-state index is 13.0. The highest BCUT2D eigenvalue weighted by atomic mass is 16.6. The first kappa shape index (κ1) is 26.9. The molecule has 0 aliphatic heterocycles. The Labute approximate surface area is 188 Å². The summed E-state index contributed by atoms with van der Waals surface area (Å²) in [5, 5.41) is 14.4. The fourth-order valence-corrected chi connectivity index (χ4v) is 2.82. The Balaban J connectivity index is 3.13. The van der Waals surface area contributed by atoms with Gasteiger partial charge in [0.15, 0.2) is 0 Å². The van der Waals surface area contributed by atoms with Gasteiger partial charge in [-0.3, -0.25) is 14.4 Å². The minimum Gasteiger partial charge on any atom is -0.468 e. The molecule has 1 aromatic rings. The van der Waals surface area contributed by atoms with Crippen molar-refractivity contribution in [2.45, 2.75) is 51.8 Å². The van der Waals surface area contributed by atoms with E-state index >= 15 is 0 Å². The van der Waals surface area contributed by atoms with Crippen LogP contribution in [0.5, 0.6) is 0 Å². The number of rotatable bonds is 9. The van der Waals surface area contributed by atoms with Crippen molar-refractivity contribution in [2.75, 3.05) is 27.3 Å². The van der Waals surface area contributed by atoms with Gasteiger partial charge in [-0.05, 0) is 38.3 Å². The molecule has 0 radical (unpaired) electrons. The van der Waals surface area contributed by atoms with E-state index in [4.69, 9.17) is 4.74 Å². The largest absolute Gasteiger partial charge is 0.468 e. The third kappa shape index (κ3) is 8.18. The molecule has 0 aromatic heterocycles. The van der Waals surface area contributed by atoms with Crippen molar-refractivity contribution in [3.05, 3.63) is 35.4 Å². The van der Waals surface area contributed by atoms with Crippen LogP contribution in [0.4, 0.5) is 4.79 Å². The van der Waals surface area contributed by atoms with Gasteiger partial charge in [0.05, 0.1) is 13.7 Å². The first-order valence-corrected chi connectivity index (χ1v) is 10.2. The Morgan fingerprint density at radius 2 is 1.72 bits per heavy atom. The van der Waals surface area contributed by atoms with Crippen molar-refractivity contribution in [3.8, 4) is 0 Å². The van der Waals surface area contributed by atoms with Crippen LogP contribution in [-0.4, -0.2) is 72.8 Å². The third-order valence-corrected chi connectivity index (χ3v) is 4.49. The molecule has 1 aromatic carbocycles. The zero-order valence-corrected chi connectivity index (χ0v) is 19.4. The fourth-order valence-electron chi connectivity index (χ4n) is 2.82. The zero-order valence-electron chi connectivity index (χ0n) is 19.4. The summed E-state index contributed by atoms with van der Waals surface area (Å²) >= 11 is 0. The number of carbonyl (C=O) groups is 4. The molecule has 178 valence electrons. The number of aliphatic hydroxyl groups is 1. The molecular formula is C22H33N3O7. The van der Waals surface area contributed by atoms with Crippen molar-refractivity contribution >= 4 is 23.9 Å². The van der Waals surface area contributed by atoms with Gasteiger partial charge in [-0.2, -0.15) is 0 Å². The molecule has 0 bridgehead atoms. The second-order valence-corrected chi connectivity index (χ2v) is 8.12. The van der Waals surface area contributed by atoms with E-state index in [2.05, 4.69) is 15.4 Å². The predicted octanol–water partition coefficient (Wildman–Crippen LogP) is 0.923. The van der Waals surface area contributed by atoms with E-state index < -0.39 is 48.2 Å². The van der Waals surface area contributed by atoms with Crippen molar-refractivity contribution in [2.24, 2.45) is 0 Å². The summed E-state index contributed by atoms with van der Waals surface area (Å²) in [7, 11) is 2.57. The van der Waals surface area contributed by atoms with Crippen LogP contribution in [0.25, 0.3) is 0 Å². The van der Waals surface area contributed by atoms with Crippen LogP contribution >= 0.6 is 0 Å². The van der Waals surface area contributed by atoms with Gasteiger partial charge in [0, 0.05) is 7.05 Å². The number of hydrogen-bond acceptors (Lipinski definition) is 7. The van der Waals surface area contributed by atoms with E-state index in [1.54, 1.807) is 32.9 Å². The number of nitrogens with one attached hydrogen (secondary N) is 2. The van der Waals surface area contributed by atoms with Gasteiger partial charge in [0.1, 0.15) is 24.2 Å². The molecular weight excluding hydrogens is 418 g/mol. The van der Waals surface area contributed by atoms with E-state index in [1.165, 1.54) is 14.2 Å². The fraction of sp³-hybridized carbons (Fsp3) is 0.545. The molecule has 0 aliphatic rings. The van der Waals surface area contributed by atoms with E-state index in [9.17, 15) is 24.3 Å². The molecule has 0 saturated heterocycles. The molecule has 0 saturated carbocycles. The summed E-state index contributed by atoms with van der Waals surface area (Å²) in [4.78, 5) is 50.5.